The molecule has 0 saturated carbocycles. The van der Waals surface area contributed by atoms with Gasteiger partial charge >= 0.3 is 0 Å². The molecule has 40 heavy (non-hydrogen) atoms. The fourth-order valence-corrected chi connectivity index (χ4v) is 5.96. The van der Waals surface area contributed by atoms with Crippen molar-refractivity contribution in [2.75, 3.05) is 25.1 Å². The number of hydrogen-bond donors (Lipinski definition) is 2. The van der Waals surface area contributed by atoms with E-state index < -0.39 is 14.2 Å². The van der Waals surface area contributed by atoms with E-state index in [0.29, 0.717) is 11.6 Å². The molecule has 217 valence electrons. The quantitative estimate of drug-likeness (QED) is 0.311. The third-order valence-electron chi connectivity index (χ3n) is 6.67. The maximum atomic E-state index is 10.4. The van der Waals surface area contributed by atoms with Gasteiger partial charge in [-0.05, 0) is 50.7 Å². The van der Waals surface area contributed by atoms with Crippen molar-refractivity contribution in [1.29, 1.82) is 0 Å². The molecule has 1 aromatic carbocycles. The van der Waals surface area contributed by atoms with E-state index in [0.717, 1.165) is 66.2 Å². The first kappa shape index (κ1) is 30.1. The van der Waals surface area contributed by atoms with Crippen molar-refractivity contribution >= 4 is 13.9 Å². The molecule has 2 aromatic heterocycles. The van der Waals surface area contributed by atoms with E-state index >= 15 is 0 Å². The van der Waals surface area contributed by atoms with Crippen LogP contribution in [-0.2, 0) is 10.9 Å². The van der Waals surface area contributed by atoms with Crippen LogP contribution in [0, 0.1) is 25.7 Å². The summed E-state index contributed by atoms with van der Waals surface area (Å²) in [6.07, 6.45) is 3.93. The number of nitrogens with one attached hydrogen (secondary N) is 1. The number of aromatic nitrogens is 5. The van der Waals surface area contributed by atoms with Gasteiger partial charge in [-0.25, -0.2) is 14.6 Å². The van der Waals surface area contributed by atoms with Gasteiger partial charge in [0.15, 0.2) is 5.82 Å². The van der Waals surface area contributed by atoms with E-state index in [4.69, 9.17) is 19.4 Å². The summed E-state index contributed by atoms with van der Waals surface area (Å²) in [7, 11) is -1.49. The summed E-state index contributed by atoms with van der Waals surface area (Å²) in [4.78, 5) is 10.1. The highest BCUT2D eigenvalue weighted by Gasteiger charge is 2.25. The molecule has 9 nitrogen and oxygen atoms in total. The maximum absolute atomic E-state index is 10.4. The van der Waals surface area contributed by atoms with Gasteiger partial charge < -0.3 is 19.9 Å². The van der Waals surface area contributed by atoms with Crippen molar-refractivity contribution in [1.82, 2.24) is 25.0 Å². The number of hydrogen-bond acceptors (Lipinski definition) is 8. The minimum atomic E-state index is -1.49. The minimum absolute atomic E-state index is 0.0976. The molecule has 1 radical (unpaired) electrons. The van der Waals surface area contributed by atoms with Gasteiger partial charge in [0.05, 0.1) is 25.6 Å². The largest absolute Gasteiger partial charge is 0.491 e. The van der Waals surface area contributed by atoms with Gasteiger partial charge in [-0.2, -0.15) is 0 Å². The van der Waals surface area contributed by atoms with Crippen LogP contribution in [0.3, 0.4) is 0 Å². The standard InChI is InChI=1S/C30H45N6O3Si/c1-20-26(27-21(2)34-35-36(27)19-40(6,7)8)32-29(33-28(20)31-23-12-14-38-15-13-23)22-10-9-11-25(16-22)39-18-24(37)17-30(3,4)5/h9-11,16-17,23-24,37H,12-15,18-19H2,1-8H3,(H,31,32,33). The lowest BCUT2D eigenvalue weighted by Crippen LogP contribution is -2.30. The molecule has 1 unspecified atom stereocenters. The van der Waals surface area contributed by atoms with E-state index in [1.165, 1.54) is 0 Å². The van der Waals surface area contributed by atoms with Crippen LogP contribution in [0.1, 0.15) is 44.9 Å². The number of benzene rings is 1. The molecule has 3 heterocycles. The number of nitrogens with zero attached hydrogens (tertiary/aromatic N) is 5. The van der Waals surface area contributed by atoms with Crippen LogP contribution in [-0.4, -0.2) is 70.1 Å². The first-order valence-corrected chi connectivity index (χ1v) is 17.9. The molecule has 0 aliphatic carbocycles. The van der Waals surface area contributed by atoms with Crippen LogP contribution >= 0.6 is 0 Å². The van der Waals surface area contributed by atoms with Crippen LogP contribution in [0.5, 0.6) is 5.75 Å². The van der Waals surface area contributed by atoms with Crippen molar-refractivity contribution in [2.45, 2.75) is 85.4 Å². The average Bonchev–Trinajstić information content (AvgIpc) is 3.22. The lowest BCUT2D eigenvalue weighted by Gasteiger charge is -2.25. The number of aryl methyl sites for hydroxylation is 1. The van der Waals surface area contributed by atoms with Crippen LogP contribution in [0.2, 0.25) is 19.6 Å². The number of aliphatic hydroxyl groups excluding tert-OH is 1. The van der Waals surface area contributed by atoms with Crippen molar-refractivity contribution in [3.05, 3.63) is 41.9 Å². The van der Waals surface area contributed by atoms with E-state index in [9.17, 15) is 5.11 Å². The zero-order valence-electron chi connectivity index (χ0n) is 25.3. The van der Waals surface area contributed by atoms with Crippen LogP contribution in [0.25, 0.3) is 22.8 Å². The van der Waals surface area contributed by atoms with Crippen molar-refractivity contribution in [2.24, 2.45) is 5.41 Å². The Morgan fingerprint density at radius 3 is 2.58 bits per heavy atom. The first-order valence-electron chi connectivity index (χ1n) is 14.2. The summed E-state index contributed by atoms with van der Waals surface area (Å²) in [5, 5.41) is 23.0. The fraction of sp³-hybridized carbons (Fsp3) is 0.567. The molecule has 4 rings (SSSR count). The second-order valence-electron chi connectivity index (χ2n) is 13.1. The SMILES string of the molecule is Cc1nnn(C[Si](C)(C)C)c1-c1nc(-c2cccc(OCC(O)[CH]C(C)(C)C)c2)nc(NC2CCOCC2)c1C. The molecule has 1 saturated heterocycles. The van der Waals surface area contributed by atoms with Gasteiger partial charge in [-0.15, -0.1) is 5.10 Å². The second kappa shape index (κ2) is 12.4. The summed E-state index contributed by atoms with van der Waals surface area (Å²) in [5.74, 6) is 2.07. The molecule has 1 fully saturated rings. The summed E-state index contributed by atoms with van der Waals surface area (Å²) in [6.45, 7) is 18.9. The van der Waals surface area contributed by atoms with Crippen LogP contribution in [0.15, 0.2) is 24.3 Å². The second-order valence-corrected chi connectivity index (χ2v) is 18.5. The third kappa shape index (κ3) is 8.11. The predicted octanol–water partition coefficient (Wildman–Crippen LogP) is 5.48. The smallest absolute Gasteiger partial charge is 0.162 e. The monoisotopic (exact) mass is 565 g/mol. The molecular formula is C30H45N6O3Si. The molecule has 10 heteroatoms. The van der Waals surface area contributed by atoms with Crippen molar-refractivity contribution in [3.8, 4) is 28.5 Å². The molecule has 0 bridgehead atoms. The summed E-state index contributed by atoms with van der Waals surface area (Å²) >= 11 is 0. The zero-order valence-corrected chi connectivity index (χ0v) is 26.3. The Balaban J connectivity index is 1.72. The maximum Gasteiger partial charge on any atom is 0.162 e. The van der Waals surface area contributed by atoms with Gasteiger partial charge in [0.2, 0.25) is 0 Å². The number of anilines is 1. The van der Waals surface area contributed by atoms with Crippen molar-refractivity contribution < 1.29 is 14.6 Å². The van der Waals surface area contributed by atoms with Gasteiger partial charge in [0, 0.05) is 36.6 Å². The Morgan fingerprint density at radius 1 is 1.18 bits per heavy atom. The van der Waals surface area contributed by atoms with Gasteiger partial charge in [0.25, 0.3) is 0 Å². The lowest BCUT2D eigenvalue weighted by atomic mass is 9.89. The number of aliphatic hydroxyl groups is 1. The molecule has 1 aliphatic heterocycles. The van der Waals surface area contributed by atoms with E-state index in [-0.39, 0.29) is 18.1 Å². The van der Waals surface area contributed by atoms with Gasteiger partial charge in [0.1, 0.15) is 23.9 Å². The van der Waals surface area contributed by atoms with E-state index in [1.54, 1.807) is 0 Å². The Kier molecular flexibility index (Phi) is 9.32. The molecule has 1 atom stereocenters. The molecule has 3 aromatic rings. The molecule has 2 N–H and O–H groups in total. The predicted molar refractivity (Wildman–Crippen MR) is 162 cm³/mol. The number of rotatable bonds is 10. The topological polar surface area (TPSA) is 107 Å². The third-order valence-corrected chi connectivity index (χ3v) is 7.91. The molecule has 0 spiro atoms. The van der Waals surface area contributed by atoms with Crippen LogP contribution < -0.4 is 10.1 Å². The van der Waals surface area contributed by atoms with Gasteiger partial charge in [-0.3, -0.25) is 0 Å². The average molecular weight is 566 g/mol. The van der Waals surface area contributed by atoms with E-state index in [1.807, 2.05) is 42.3 Å². The first-order chi connectivity index (χ1) is 18.8. The van der Waals surface area contributed by atoms with E-state index in [2.05, 4.69) is 63.0 Å². The fourth-order valence-electron chi connectivity index (χ4n) is 4.84. The summed E-state index contributed by atoms with van der Waals surface area (Å²) in [6, 6.07) is 8.02. The molecule has 1 aliphatic rings. The minimum Gasteiger partial charge on any atom is -0.491 e. The Hall–Kier alpha value is -2.82. The lowest BCUT2D eigenvalue weighted by molar-refractivity contribution is 0.0904. The van der Waals surface area contributed by atoms with Crippen LogP contribution in [0.4, 0.5) is 5.82 Å². The summed E-state index contributed by atoms with van der Waals surface area (Å²) in [5.41, 5.74) is 4.34. The Labute approximate surface area is 239 Å². The Bertz CT molecular complexity index is 1290. The van der Waals surface area contributed by atoms with Gasteiger partial charge in [-0.1, -0.05) is 57.8 Å². The highest BCUT2D eigenvalue weighted by molar-refractivity contribution is 6.74. The zero-order chi connectivity index (χ0) is 29.1. The highest BCUT2D eigenvalue weighted by atomic mass is 28.3. The molecule has 0 amide bonds. The number of ether oxygens (including phenoxy) is 2. The normalized spacial score (nSPS) is 15.7. The Morgan fingerprint density at radius 2 is 1.90 bits per heavy atom. The molecular weight excluding hydrogens is 520 g/mol. The highest BCUT2D eigenvalue weighted by Crippen LogP contribution is 2.33. The summed E-state index contributed by atoms with van der Waals surface area (Å²) < 4.78 is 13.6. The van der Waals surface area contributed by atoms with Crippen molar-refractivity contribution in [3.63, 3.8) is 0 Å².